The Morgan fingerprint density at radius 3 is 3.04 bits per heavy atom. The Morgan fingerprint density at radius 2 is 2.07 bits per heavy atom. The number of hydrogen-bond acceptors (Lipinski definition) is 5. The third-order valence-corrected chi connectivity index (χ3v) is 5.20. The van der Waals surface area contributed by atoms with Gasteiger partial charge in [0.2, 0.25) is 12.7 Å². The standard InChI is InChI=1S/C20H15N3O3S/c24-19(8-13-9-21-15-4-2-1-3-14(13)15)23-20-22-16(10-27-20)12-5-6-17-18(7-12)26-11-25-17/h1-7,9-10,21H,8,11H2,(H,22,23,24). The van der Waals surface area contributed by atoms with Crippen molar-refractivity contribution < 1.29 is 14.3 Å². The van der Waals surface area contributed by atoms with E-state index < -0.39 is 0 Å². The van der Waals surface area contributed by atoms with Crippen molar-refractivity contribution in [2.45, 2.75) is 6.42 Å². The number of fused-ring (bicyclic) bond motifs is 2. The maximum absolute atomic E-state index is 12.4. The lowest BCUT2D eigenvalue weighted by Crippen LogP contribution is -2.13. The first-order valence-corrected chi connectivity index (χ1v) is 9.34. The molecule has 134 valence electrons. The van der Waals surface area contributed by atoms with Gasteiger partial charge in [-0.05, 0) is 29.8 Å². The number of nitrogens with one attached hydrogen (secondary N) is 2. The highest BCUT2D eigenvalue weighted by atomic mass is 32.1. The third kappa shape index (κ3) is 3.02. The Labute approximate surface area is 158 Å². The molecular weight excluding hydrogens is 362 g/mol. The number of hydrogen-bond donors (Lipinski definition) is 2. The minimum atomic E-state index is -0.0914. The Balaban J connectivity index is 1.31. The molecule has 2 aromatic carbocycles. The van der Waals surface area contributed by atoms with E-state index in [1.165, 1.54) is 11.3 Å². The second-order valence-corrected chi connectivity index (χ2v) is 7.05. The van der Waals surface area contributed by atoms with Gasteiger partial charge < -0.3 is 19.8 Å². The van der Waals surface area contributed by atoms with Crippen LogP contribution in [0.25, 0.3) is 22.2 Å². The number of benzene rings is 2. The number of amides is 1. The maximum atomic E-state index is 12.4. The molecule has 7 heteroatoms. The van der Waals surface area contributed by atoms with Gasteiger partial charge >= 0.3 is 0 Å². The number of thiazole rings is 1. The fraction of sp³-hybridized carbons (Fsp3) is 0.100. The maximum Gasteiger partial charge on any atom is 0.231 e. The van der Waals surface area contributed by atoms with E-state index in [1.54, 1.807) is 0 Å². The Kier molecular flexibility index (Phi) is 3.79. The van der Waals surface area contributed by atoms with Gasteiger partial charge in [0.1, 0.15) is 0 Å². The summed E-state index contributed by atoms with van der Waals surface area (Å²) in [5.74, 6) is 1.36. The monoisotopic (exact) mass is 377 g/mol. The van der Waals surface area contributed by atoms with Gasteiger partial charge in [0.25, 0.3) is 0 Å². The number of carbonyl (C=O) groups excluding carboxylic acids is 1. The van der Waals surface area contributed by atoms with Crippen molar-refractivity contribution in [3.05, 3.63) is 59.6 Å². The van der Waals surface area contributed by atoms with E-state index in [0.717, 1.165) is 33.5 Å². The zero-order valence-electron chi connectivity index (χ0n) is 14.2. The summed E-state index contributed by atoms with van der Waals surface area (Å²) >= 11 is 1.40. The molecule has 27 heavy (non-hydrogen) atoms. The topological polar surface area (TPSA) is 76.2 Å². The average molecular weight is 377 g/mol. The molecule has 0 saturated carbocycles. The summed E-state index contributed by atoms with van der Waals surface area (Å²) in [5, 5.41) is 6.44. The summed E-state index contributed by atoms with van der Waals surface area (Å²) in [7, 11) is 0. The SMILES string of the molecule is O=C(Cc1c[nH]c2ccccc12)Nc1nc(-c2ccc3c(c2)OCO3)cs1. The molecule has 1 aliphatic heterocycles. The molecule has 1 aliphatic rings. The van der Waals surface area contributed by atoms with Crippen molar-refractivity contribution in [3.8, 4) is 22.8 Å². The summed E-state index contributed by atoms with van der Waals surface area (Å²) in [6.45, 7) is 0.241. The molecule has 6 nitrogen and oxygen atoms in total. The fourth-order valence-electron chi connectivity index (χ4n) is 3.13. The lowest BCUT2D eigenvalue weighted by atomic mass is 10.1. The summed E-state index contributed by atoms with van der Waals surface area (Å²) in [6, 6.07) is 13.6. The molecule has 3 heterocycles. The minimum Gasteiger partial charge on any atom is -0.454 e. The van der Waals surface area contributed by atoms with Crippen LogP contribution < -0.4 is 14.8 Å². The molecule has 0 fully saturated rings. The van der Waals surface area contributed by atoms with Gasteiger partial charge in [-0.15, -0.1) is 11.3 Å². The van der Waals surface area contributed by atoms with Crippen LogP contribution in [0.3, 0.4) is 0 Å². The molecule has 2 N–H and O–H groups in total. The first kappa shape index (κ1) is 15.9. The van der Waals surface area contributed by atoms with E-state index in [0.29, 0.717) is 17.3 Å². The van der Waals surface area contributed by atoms with Crippen molar-refractivity contribution in [1.29, 1.82) is 0 Å². The summed E-state index contributed by atoms with van der Waals surface area (Å²) in [5.41, 5.74) is 3.71. The minimum absolute atomic E-state index is 0.0914. The average Bonchev–Trinajstić information content (AvgIpc) is 3.41. The number of H-pyrrole nitrogens is 1. The number of aromatic amines is 1. The largest absolute Gasteiger partial charge is 0.454 e. The van der Waals surface area contributed by atoms with Crippen LogP contribution in [-0.2, 0) is 11.2 Å². The van der Waals surface area contributed by atoms with Crippen LogP contribution in [0, 0.1) is 0 Å². The van der Waals surface area contributed by atoms with Crippen LogP contribution in [0.1, 0.15) is 5.56 Å². The number of para-hydroxylation sites is 1. The highest BCUT2D eigenvalue weighted by molar-refractivity contribution is 7.14. The first-order valence-electron chi connectivity index (χ1n) is 8.47. The van der Waals surface area contributed by atoms with Gasteiger partial charge in [0.05, 0.1) is 12.1 Å². The second-order valence-electron chi connectivity index (χ2n) is 6.19. The van der Waals surface area contributed by atoms with Crippen LogP contribution >= 0.6 is 11.3 Å². The number of carbonyl (C=O) groups is 1. The number of anilines is 1. The number of nitrogens with zero attached hydrogens (tertiary/aromatic N) is 1. The van der Waals surface area contributed by atoms with Gasteiger partial charge in [-0.25, -0.2) is 4.98 Å². The van der Waals surface area contributed by atoms with E-state index in [9.17, 15) is 4.79 Å². The van der Waals surface area contributed by atoms with Crippen LogP contribution in [-0.4, -0.2) is 22.7 Å². The van der Waals surface area contributed by atoms with Crippen molar-refractivity contribution in [3.63, 3.8) is 0 Å². The normalized spacial score (nSPS) is 12.4. The van der Waals surface area contributed by atoms with Crippen LogP contribution in [0.15, 0.2) is 54.0 Å². The number of aromatic nitrogens is 2. The third-order valence-electron chi connectivity index (χ3n) is 4.44. The summed E-state index contributed by atoms with van der Waals surface area (Å²) < 4.78 is 10.7. The van der Waals surface area contributed by atoms with E-state index in [1.807, 2.05) is 54.0 Å². The van der Waals surface area contributed by atoms with E-state index in [2.05, 4.69) is 15.3 Å². The number of rotatable bonds is 4. The van der Waals surface area contributed by atoms with Gasteiger partial charge in [-0.2, -0.15) is 0 Å². The van der Waals surface area contributed by atoms with Gasteiger partial charge in [-0.1, -0.05) is 18.2 Å². The van der Waals surface area contributed by atoms with Crippen LogP contribution in [0.2, 0.25) is 0 Å². The van der Waals surface area contributed by atoms with Gasteiger partial charge in [0, 0.05) is 28.0 Å². The molecule has 2 aromatic heterocycles. The highest BCUT2D eigenvalue weighted by Crippen LogP contribution is 2.36. The second kappa shape index (κ2) is 6.44. The smallest absolute Gasteiger partial charge is 0.231 e. The van der Waals surface area contributed by atoms with E-state index >= 15 is 0 Å². The quantitative estimate of drug-likeness (QED) is 0.559. The highest BCUT2D eigenvalue weighted by Gasteiger charge is 2.16. The molecule has 0 unspecified atom stereocenters. The molecule has 0 aliphatic carbocycles. The molecule has 0 bridgehead atoms. The molecule has 0 atom stereocenters. The molecule has 0 saturated heterocycles. The zero-order chi connectivity index (χ0) is 18.2. The van der Waals surface area contributed by atoms with Gasteiger partial charge in [0.15, 0.2) is 16.6 Å². The molecule has 0 radical (unpaired) electrons. The molecule has 1 amide bonds. The van der Waals surface area contributed by atoms with Crippen LogP contribution in [0.4, 0.5) is 5.13 Å². The zero-order valence-corrected chi connectivity index (χ0v) is 15.0. The molecule has 4 aromatic rings. The lowest BCUT2D eigenvalue weighted by Gasteiger charge is -2.02. The van der Waals surface area contributed by atoms with E-state index in [-0.39, 0.29) is 12.7 Å². The Bertz CT molecular complexity index is 1150. The van der Waals surface area contributed by atoms with Crippen molar-refractivity contribution in [1.82, 2.24) is 9.97 Å². The number of ether oxygens (including phenoxy) is 2. The van der Waals surface area contributed by atoms with Gasteiger partial charge in [-0.3, -0.25) is 4.79 Å². The lowest BCUT2D eigenvalue weighted by molar-refractivity contribution is -0.115. The fourth-order valence-corrected chi connectivity index (χ4v) is 3.87. The Hall–Kier alpha value is -3.32. The summed E-state index contributed by atoms with van der Waals surface area (Å²) in [6.07, 6.45) is 2.17. The summed E-state index contributed by atoms with van der Waals surface area (Å²) in [4.78, 5) is 20.1. The predicted molar refractivity (Wildman–Crippen MR) is 104 cm³/mol. The Morgan fingerprint density at radius 1 is 1.19 bits per heavy atom. The van der Waals surface area contributed by atoms with Crippen molar-refractivity contribution in [2.24, 2.45) is 0 Å². The molecule has 0 spiro atoms. The molecular formula is C20H15N3O3S. The molecule has 5 rings (SSSR count). The van der Waals surface area contributed by atoms with Crippen molar-refractivity contribution >= 4 is 33.3 Å². The van der Waals surface area contributed by atoms with Crippen molar-refractivity contribution in [2.75, 3.05) is 12.1 Å². The van der Waals surface area contributed by atoms with Crippen LogP contribution in [0.5, 0.6) is 11.5 Å². The van der Waals surface area contributed by atoms with E-state index in [4.69, 9.17) is 9.47 Å². The predicted octanol–water partition coefficient (Wildman–Crippen LogP) is 4.20. The first-order chi connectivity index (χ1) is 13.3.